The van der Waals surface area contributed by atoms with Gasteiger partial charge in [-0.2, -0.15) is 15.2 Å². The first-order valence-corrected chi connectivity index (χ1v) is 24.9. The Hall–Kier alpha value is -4.10. The Kier molecular flexibility index (Phi) is 15.6. The van der Waals surface area contributed by atoms with E-state index >= 15 is 0 Å². The molecular formula is C46H68N8O5Si. The van der Waals surface area contributed by atoms with Crippen LogP contribution < -0.4 is 14.5 Å². The number of carbonyl (C=O) groups excluding carboxylic acids is 1. The van der Waals surface area contributed by atoms with E-state index in [0.29, 0.717) is 58.0 Å². The number of rotatable bonds is 14. The molecule has 4 aliphatic rings. The van der Waals surface area contributed by atoms with E-state index in [2.05, 4.69) is 109 Å². The number of hydrogen-bond acceptors (Lipinski definition) is 12. The van der Waals surface area contributed by atoms with Crippen LogP contribution >= 0.6 is 0 Å². The molecule has 0 aliphatic carbocycles. The molecular weight excluding hydrogens is 773 g/mol. The number of anilines is 2. The molecule has 2 N–H and O–H groups in total. The fourth-order valence-electron chi connectivity index (χ4n) is 8.85. The van der Waals surface area contributed by atoms with E-state index in [4.69, 9.17) is 19.1 Å². The van der Waals surface area contributed by atoms with Crippen molar-refractivity contribution in [2.24, 2.45) is 0 Å². The molecule has 3 saturated heterocycles. The monoisotopic (exact) mass is 841 g/mol. The minimum atomic E-state index is -1.60. The molecule has 14 heteroatoms. The first kappa shape index (κ1) is 45.4. The summed E-state index contributed by atoms with van der Waals surface area (Å²) in [6.45, 7) is 23.5. The van der Waals surface area contributed by atoms with Gasteiger partial charge in [0.1, 0.15) is 12.4 Å². The predicted molar refractivity (Wildman–Crippen MR) is 241 cm³/mol. The normalized spacial score (nSPS) is 21.4. The quantitative estimate of drug-likeness (QED) is 0.154. The molecule has 3 fully saturated rings. The van der Waals surface area contributed by atoms with Crippen molar-refractivity contribution < 1.29 is 24.2 Å². The van der Waals surface area contributed by atoms with Crippen LogP contribution in [-0.4, -0.2) is 146 Å². The molecule has 3 aromatic rings. The van der Waals surface area contributed by atoms with Crippen LogP contribution in [0.5, 0.6) is 6.01 Å². The molecule has 0 saturated carbocycles. The number of likely N-dealkylation sites (tertiary alicyclic amines) is 2. The number of benzene rings is 2. The Morgan fingerprint density at radius 1 is 0.950 bits per heavy atom. The predicted octanol–water partition coefficient (Wildman–Crippen LogP) is 5.61. The first-order chi connectivity index (χ1) is 28.9. The summed E-state index contributed by atoms with van der Waals surface area (Å²) in [5.74, 6) is 0.688. The Morgan fingerprint density at radius 3 is 2.40 bits per heavy atom. The highest BCUT2D eigenvalue weighted by atomic mass is 28.4. The average Bonchev–Trinajstić information content (AvgIpc) is 3.91. The molecule has 60 heavy (non-hydrogen) atoms. The van der Waals surface area contributed by atoms with Crippen molar-refractivity contribution in [2.75, 3.05) is 88.6 Å². The maximum atomic E-state index is 12.5. The number of aromatic nitrogens is 2. The van der Waals surface area contributed by atoms with Crippen LogP contribution in [0.4, 0.5) is 11.5 Å². The van der Waals surface area contributed by atoms with Crippen LogP contribution in [0.15, 0.2) is 55.1 Å². The standard InChI is InChI=1S/C33H39N7O3.C13H29NO2Si/c1-2-31(42)40-18-17-39(21-25(40)12-14-34)32-28-13-16-38(30-11-5-8-24-7-3-4-10-27(24)30)22-29(28)35-33(36-32)43-23-26-9-6-15-37(26)19-20-41;1-13(2,3)17(4,5)16-10-9-14-8-6-7-12(14)11-15/h2-5,7-8,10-11,25-26,41H,1,6,9,12-13,15-23H2;12,15H,6-11H2,1-5H3/t;12-/m.0/s1. The van der Waals surface area contributed by atoms with Crippen molar-refractivity contribution >= 4 is 36.5 Å². The highest BCUT2D eigenvalue weighted by molar-refractivity contribution is 6.74. The van der Waals surface area contributed by atoms with Crippen LogP contribution in [0.1, 0.15) is 64.1 Å². The van der Waals surface area contributed by atoms with E-state index in [-0.39, 0.29) is 36.1 Å². The van der Waals surface area contributed by atoms with Gasteiger partial charge in [-0.15, -0.1) is 0 Å². The molecule has 13 nitrogen and oxygen atoms in total. The van der Waals surface area contributed by atoms with Crippen molar-refractivity contribution in [3.05, 3.63) is 66.4 Å². The van der Waals surface area contributed by atoms with E-state index < -0.39 is 8.32 Å². The van der Waals surface area contributed by atoms with Gasteiger partial charge in [-0.25, -0.2) is 0 Å². The van der Waals surface area contributed by atoms with Crippen LogP contribution in [0.3, 0.4) is 0 Å². The molecule has 1 amide bonds. The molecule has 5 heterocycles. The van der Waals surface area contributed by atoms with E-state index in [1.54, 1.807) is 4.90 Å². The molecule has 2 aromatic carbocycles. The maximum Gasteiger partial charge on any atom is 0.318 e. The second kappa shape index (κ2) is 20.6. The van der Waals surface area contributed by atoms with Gasteiger partial charge in [-0.05, 0) is 80.9 Å². The smallest absolute Gasteiger partial charge is 0.318 e. The molecule has 0 radical (unpaired) electrons. The van der Waals surface area contributed by atoms with Gasteiger partial charge in [-0.3, -0.25) is 14.6 Å². The Morgan fingerprint density at radius 2 is 1.68 bits per heavy atom. The molecule has 7 rings (SSSR count). The third-order valence-electron chi connectivity index (χ3n) is 13.3. The summed E-state index contributed by atoms with van der Waals surface area (Å²) in [5.41, 5.74) is 3.23. The second-order valence-corrected chi connectivity index (χ2v) is 22.9. The summed E-state index contributed by atoms with van der Waals surface area (Å²) in [7, 11) is -1.60. The molecule has 3 atom stereocenters. The van der Waals surface area contributed by atoms with Gasteiger partial charge in [0.2, 0.25) is 5.91 Å². The van der Waals surface area contributed by atoms with Crippen molar-refractivity contribution in [3.63, 3.8) is 0 Å². The van der Waals surface area contributed by atoms with Gasteiger partial charge in [0.25, 0.3) is 0 Å². The van der Waals surface area contributed by atoms with Crippen LogP contribution in [0, 0.1) is 11.3 Å². The van der Waals surface area contributed by atoms with Gasteiger partial charge in [0.15, 0.2) is 8.32 Å². The molecule has 2 unspecified atom stereocenters. The molecule has 0 spiro atoms. The number of aliphatic hydroxyl groups excluding tert-OH is 2. The third-order valence-corrected chi connectivity index (χ3v) is 17.9. The molecule has 4 aliphatic heterocycles. The lowest BCUT2D eigenvalue weighted by Crippen LogP contribution is -2.55. The van der Waals surface area contributed by atoms with Gasteiger partial charge in [0.05, 0.1) is 44.0 Å². The van der Waals surface area contributed by atoms with Crippen LogP contribution in [0.25, 0.3) is 10.8 Å². The lowest BCUT2D eigenvalue weighted by atomic mass is 10.0. The number of piperazine rings is 1. The summed E-state index contributed by atoms with van der Waals surface area (Å²) in [6.07, 6.45) is 6.78. The summed E-state index contributed by atoms with van der Waals surface area (Å²) in [4.78, 5) is 33.4. The van der Waals surface area contributed by atoms with Crippen molar-refractivity contribution in [1.82, 2.24) is 24.7 Å². The van der Waals surface area contributed by atoms with E-state index in [1.165, 1.54) is 29.0 Å². The van der Waals surface area contributed by atoms with Crippen molar-refractivity contribution in [1.29, 1.82) is 5.26 Å². The number of amides is 1. The zero-order valence-corrected chi connectivity index (χ0v) is 37.7. The number of carbonyl (C=O) groups is 1. The Bertz CT molecular complexity index is 1950. The molecule has 326 valence electrons. The van der Waals surface area contributed by atoms with Crippen molar-refractivity contribution in [3.8, 4) is 12.1 Å². The zero-order valence-electron chi connectivity index (χ0n) is 36.7. The highest BCUT2D eigenvalue weighted by Crippen LogP contribution is 2.37. The average molecular weight is 841 g/mol. The maximum absolute atomic E-state index is 12.5. The van der Waals surface area contributed by atoms with Crippen LogP contribution in [-0.2, 0) is 22.2 Å². The lowest BCUT2D eigenvalue weighted by molar-refractivity contribution is -0.128. The number of aliphatic hydroxyl groups is 2. The number of nitriles is 1. The largest absolute Gasteiger partial charge is 0.462 e. The fraction of sp³-hybridized carbons (Fsp3) is 0.609. The second-order valence-electron chi connectivity index (χ2n) is 18.1. The third kappa shape index (κ3) is 10.8. The topological polar surface area (TPSA) is 142 Å². The SMILES string of the molecule is C=CC(=O)N1CCN(c2nc(OCC3CCCN3CCO)nc3c2CCN(c2cccc4ccccc24)C3)CC1CC#N.CC(C)(C)[Si](C)(C)OCCN1CCC[C@H]1CO. The highest BCUT2D eigenvalue weighted by Gasteiger charge is 2.38. The Balaban J connectivity index is 0.000000299. The number of hydrogen-bond donors (Lipinski definition) is 2. The van der Waals surface area contributed by atoms with E-state index in [9.17, 15) is 20.3 Å². The number of ether oxygens (including phenoxy) is 1. The molecule has 1 aromatic heterocycles. The minimum Gasteiger partial charge on any atom is -0.462 e. The minimum absolute atomic E-state index is 0.129. The van der Waals surface area contributed by atoms with E-state index in [0.717, 1.165) is 75.5 Å². The number of β-amino-alcohol motifs (C(OH)–C–C–N with tert-alkyl or cyclic N) is 1. The fourth-order valence-corrected chi connectivity index (χ4v) is 9.88. The summed E-state index contributed by atoms with van der Waals surface area (Å²) < 4.78 is 12.5. The lowest BCUT2D eigenvalue weighted by Gasteiger charge is -2.42. The first-order valence-electron chi connectivity index (χ1n) is 22.0. The zero-order chi connectivity index (χ0) is 42.9. The summed E-state index contributed by atoms with van der Waals surface area (Å²) in [6, 6.07) is 17.8. The molecule has 0 bridgehead atoms. The number of nitrogens with zero attached hydrogens (tertiary/aromatic N) is 8. The summed E-state index contributed by atoms with van der Waals surface area (Å²) >= 11 is 0. The van der Waals surface area contributed by atoms with Crippen molar-refractivity contribution in [2.45, 2.75) is 102 Å². The van der Waals surface area contributed by atoms with Gasteiger partial charge < -0.3 is 34.1 Å². The van der Waals surface area contributed by atoms with Gasteiger partial charge >= 0.3 is 6.01 Å². The van der Waals surface area contributed by atoms with Gasteiger partial charge in [0, 0.05) is 74.6 Å². The van der Waals surface area contributed by atoms with Gasteiger partial charge in [-0.1, -0.05) is 63.7 Å². The van der Waals surface area contributed by atoms with E-state index in [1.807, 2.05) is 0 Å². The van der Waals surface area contributed by atoms with Crippen LogP contribution in [0.2, 0.25) is 18.1 Å². The summed E-state index contributed by atoms with van der Waals surface area (Å²) in [5, 5.41) is 31.0. The number of fused-ring (bicyclic) bond motifs is 2. The Labute approximate surface area is 358 Å².